The van der Waals surface area contributed by atoms with Crippen LogP contribution in [0.3, 0.4) is 0 Å². The second-order valence-electron chi connectivity index (χ2n) is 7.04. The number of amides is 3. The van der Waals surface area contributed by atoms with Crippen LogP contribution < -0.4 is 20.2 Å². The molecule has 0 atom stereocenters. The predicted molar refractivity (Wildman–Crippen MR) is 140 cm³/mol. The highest BCUT2D eigenvalue weighted by molar-refractivity contribution is 8.26. The number of hydrazine groups is 1. The third kappa shape index (κ3) is 6.07. The van der Waals surface area contributed by atoms with E-state index in [1.54, 1.807) is 66.1 Å². The molecule has 8 nitrogen and oxygen atoms in total. The second-order valence-corrected chi connectivity index (χ2v) is 9.66. The van der Waals surface area contributed by atoms with E-state index in [1.165, 1.54) is 18.4 Å². The number of thiocarbonyl (C=S) groups is 1. The maximum absolute atomic E-state index is 12.7. The lowest BCUT2D eigenvalue weighted by Gasteiger charge is -2.14. The number of carbonyl (C=O) groups is 3. The van der Waals surface area contributed by atoms with E-state index in [1.807, 2.05) is 6.07 Å². The zero-order valence-corrected chi connectivity index (χ0v) is 20.8. The van der Waals surface area contributed by atoms with Crippen molar-refractivity contribution in [2.75, 3.05) is 19.0 Å². The van der Waals surface area contributed by atoms with Gasteiger partial charge in [0.05, 0.1) is 22.6 Å². The Labute approximate surface area is 214 Å². The lowest BCUT2D eigenvalue weighted by atomic mass is 10.2. The van der Waals surface area contributed by atoms with Crippen molar-refractivity contribution in [3.63, 3.8) is 0 Å². The SMILES string of the molecule is COc1ccccc1NC(=O)COc1ccc(/C=C2\SC(=S)N(NC(=O)c3cccs3)C2=O)cc1. The van der Waals surface area contributed by atoms with E-state index in [9.17, 15) is 14.4 Å². The first-order valence-electron chi connectivity index (χ1n) is 10.2. The molecule has 0 bridgehead atoms. The van der Waals surface area contributed by atoms with E-state index in [-0.39, 0.29) is 16.8 Å². The van der Waals surface area contributed by atoms with Crippen molar-refractivity contribution in [2.24, 2.45) is 0 Å². The molecule has 1 aromatic heterocycles. The number of carbonyl (C=O) groups excluding carboxylic acids is 3. The summed E-state index contributed by atoms with van der Waals surface area (Å²) >= 11 is 7.62. The molecule has 0 unspecified atom stereocenters. The number of nitrogens with one attached hydrogen (secondary N) is 2. The van der Waals surface area contributed by atoms with Gasteiger partial charge >= 0.3 is 0 Å². The number of ether oxygens (including phenoxy) is 2. The van der Waals surface area contributed by atoms with E-state index in [4.69, 9.17) is 21.7 Å². The monoisotopic (exact) mass is 525 g/mol. The Hall–Kier alpha value is -3.67. The summed E-state index contributed by atoms with van der Waals surface area (Å²) in [4.78, 5) is 38.1. The van der Waals surface area contributed by atoms with Crippen LogP contribution in [0.1, 0.15) is 15.2 Å². The zero-order chi connectivity index (χ0) is 24.8. The Balaban J connectivity index is 1.33. The molecule has 0 saturated carbocycles. The Morgan fingerprint density at radius 2 is 1.86 bits per heavy atom. The van der Waals surface area contributed by atoms with Crippen molar-refractivity contribution < 1.29 is 23.9 Å². The summed E-state index contributed by atoms with van der Waals surface area (Å²) in [6.45, 7) is -0.181. The second kappa shape index (κ2) is 11.2. The van der Waals surface area contributed by atoms with Gasteiger partial charge in [-0.1, -0.05) is 42.1 Å². The van der Waals surface area contributed by atoms with Gasteiger partial charge in [0, 0.05) is 0 Å². The predicted octanol–water partition coefficient (Wildman–Crippen LogP) is 4.32. The van der Waals surface area contributed by atoms with Crippen LogP contribution in [0.5, 0.6) is 11.5 Å². The number of benzene rings is 2. The third-order valence-corrected chi connectivity index (χ3v) is 6.85. The first-order valence-corrected chi connectivity index (χ1v) is 12.3. The number of para-hydroxylation sites is 2. The molecule has 3 aromatic rings. The number of nitrogens with zero attached hydrogens (tertiary/aromatic N) is 1. The minimum Gasteiger partial charge on any atom is -0.495 e. The number of rotatable bonds is 8. The van der Waals surface area contributed by atoms with Gasteiger partial charge in [-0.2, -0.15) is 5.01 Å². The van der Waals surface area contributed by atoms with Gasteiger partial charge < -0.3 is 14.8 Å². The first-order chi connectivity index (χ1) is 16.9. The largest absolute Gasteiger partial charge is 0.495 e. The summed E-state index contributed by atoms with van der Waals surface area (Å²) in [5.41, 5.74) is 3.84. The smallest absolute Gasteiger partial charge is 0.285 e. The van der Waals surface area contributed by atoms with E-state index in [0.29, 0.717) is 27.0 Å². The van der Waals surface area contributed by atoms with Crippen molar-refractivity contribution in [3.05, 3.63) is 81.4 Å². The topological polar surface area (TPSA) is 97.0 Å². The molecule has 1 aliphatic heterocycles. The highest BCUT2D eigenvalue weighted by Crippen LogP contribution is 2.32. The summed E-state index contributed by atoms with van der Waals surface area (Å²) in [5, 5.41) is 5.59. The van der Waals surface area contributed by atoms with E-state index in [0.717, 1.165) is 22.3 Å². The van der Waals surface area contributed by atoms with Crippen molar-refractivity contribution >= 4 is 69.1 Å². The lowest BCUT2D eigenvalue weighted by molar-refractivity contribution is -0.123. The summed E-state index contributed by atoms with van der Waals surface area (Å²) in [7, 11) is 1.53. The molecule has 2 heterocycles. The fourth-order valence-electron chi connectivity index (χ4n) is 3.02. The molecule has 1 aliphatic rings. The van der Waals surface area contributed by atoms with Crippen LogP contribution in [0.25, 0.3) is 6.08 Å². The number of anilines is 1. The third-order valence-electron chi connectivity index (χ3n) is 4.68. The molecule has 0 aliphatic carbocycles. The van der Waals surface area contributed by atoms with E-state index >= 15 is 0 Å². The van der Waals surface area contributed by atoms with Gasteiger partial charge in [0.15, 0.2) is 10.9 Å². The average molecular weight is 526 g/mol. The Kier molecular flexibility index (Phi) is 7.80. The summed E-state index contributed by atoms with van der Waals surface area (Å²) in [5.74, 6) is -0.0753. The average Bonchev–Trinajstić information content (AvgIpc) is 3.49. The van der Waals surface area contributed by atoms with Crippen LogP contribution in [0.2, 0.25) is 0 Å². The van der Waals surface area contributed by atoms with Crippen LogP contribution in [0.4, 0.5) is 5.69 Å². The molecule has 11 heteroatoms. The molecule has 178 valence electrons. The molecule has 0 spiro atoms. The maximum Gasteiger partial charge on any atom is 0.285 e. The van der Waals surface area contributed by atoms with Crippen molar-refractivity contribution in [1.82, 2.24) is 10.4 Å². The van der Waals surface area contributed by atoms with Crippen molar-refractivity contribution in [1.29, 1.82) is 0 Å². The minimum atomic E-state index is -0.404. The van der Waals surface area contributed by atoms with E-state index < -0.39 is 11.8 Å². The van der Waals surface area contributed by atoms with Gasteiger partial charge in [-0.25, -0.2) is 0 Å². The van der Waals surface area contributed by atoms with Crippen molar-refractivity contribution in [3.8, 4) is 11.5 Å². The summed E-state index contributed by atoms with van der Waals surface area (Å²) in [6, 6.07) is 17.4. The quantitative estimate of drug-likeness (QED) is 0.334. The number of thioether (sulfide) groups is 1. The minimum absolute atomic E-state index is 0.181. The standard InChI is InChI=1S/C24H19N3O5S3/c1-31-18-6-3-2-5-17(18)25-21(28)14-32-16-10-8-15(9-11-16)13-20-23(30)27(24(33)35-20)26-22(29)19-7-4-12-34-19/h2-13H,14H2,1H3,(H,25,28)(H,26,29)/b20-13-. The number of methoxy groups -OCH3 is 1. The van der Waals surface area contributed by atoms with E-state index in [2.05, 4.69) is 10.7 Å². The van der Waals surface area contributed by atoms with Crippen LogP contribution >= 0.6 is 35.3 Å². The molecule has 4 rings (SSSR count). The van der Waals surface area contributed by atoms with Crippen LogP contribution in [-0.4, -0.2) is 40.8 Å². The molecule has 1 saturated heterocycles. The number of thiophene rings is 1. The first kappa shape index (κ1) is 24.5. The molecule has 2 N–H and O–H groups in total. The molecule has 35 heavy (non-hydrogen) atoms. The van der Waals surface area contributed by atoms with Gasteiger partial charge in [0.2, 0.25) is 0 Å². The Bertz CT molecular complexity index is 1290. The molecular formula is C24H19N3O5S3. The molecule has 0 radical (unpaired) electrons. The maximum atomic E-state index is 12.7. The Morgan fingerprint density at radius 1 is 1.09 bits per heavy atom. The Morgan fingerprint density at radius 3 is 2.57 bits per heavy atom. The highest BCUT2D eigenvalue weighted by atomic mass is 32.2. The normalized spacial score (nSPS) is 14.2. The lowest BCUT2D eigenvalue weighted by Crippen LogP contribution is -2.44. The highest BCUT2D eigenvalue weighted by Gasteiger charge is 2.33. The summed E-state index contributed by atoms with van der Waals surface area (Å²) in [6.07, 6.45) is 1.68. The summed E-state index contributed by atoms with van der Waals surface area (Å²) < 4.78 is 11.0. The number of hydrogen-bond acceptors (Lipinski definition) is 8. The molecule has 2 aromatic carbocycles. The van der Waals surface area contributed by atoms with Crippen LogP contribution in [0, 0.1) is 0 Å². The van der Waals surface area contributed by atoms with Crippen LogP contribution in [-0.2, 0) is 9.59 Å². The fourth-order valence-corrected chi connectivity index (χ4v) is 4.82. The number of hydrogen-bond donors (Lipinski definition) is 2. The van der Waals surface area contributed by atoms with Crippen molar-refractivity contribution in [2.45, 2.75) is 0 Å². The van der Waals surface area contributed by atoms with Gasteiger partial charge in [-0.15, -0.1) is 11.3 Å². The van der Waals surface area contributed by atoms with Gasteiger partial charge in [-0.05, 0) is 59.6 Å². The molecular weight excluding hydrogens is 506 g/mol. The molecule has 1 fully saturated rings. The zero-order valence-electron chi connectivity index (χ0n) is 18.3. The molecule has 3 amide bonds. The van der Waals surface area contributed by atoms with Gasteiger partial charge in [0.25, 0.3) is 17.7 Å². The van der Waals surface area contributed by atoms with Gasteiger partial charge in [0.1, 0.15) is 11.5 Å². The van der Waals surface area contributed by atoms with Crippen LogP contribution in [0.15, 0.2) is 70.9 Å². The fraction of sp³-hybridized carbons (Fsp3) is 0.0833. The van der Waals surface area contributed by atoms with Gasteiger partial charge in [-0.3, -0.25) is 19.8 Å².